The molecule has 2 amide bonds. The average Bonchev–Trinajstić information content (AvgIpc) is 2.81. The third-order valence-corrected chi connectivity index (χ3v) is 5.83. The van der Waals surface area contributed by atoms with Gasteiger partial charge in [-0.2, -0.15) is 0 Å². The molecule has 0 aliphatic carbocycles. The smallest absolute Gasteiger partial charge is 0.260 e. The Hall–Kier alpha value is -3.22. The highest BCUT2D eigenvalue weighted by Gasteiger charge is 2.26. The Kier molecular flexibility index (Phi) is 8.36. The Morgan fingerprint density at radius 3 is 2.41 bits per heavy atom. The molecule has 0 spiro atoms. The molecule has 32 heavy (non-hydrogen) atoms. The molecule has 2 N–H and O–H groups in total. The number of nitrogens with two attached hydrogens (primary N) is 1. The molecule has 0 saturated carbocycles. The number of piperidine rings is 1. The van der Waals surface area contributed by atoms with Gasteiger partial charge in [0.2, 0.25) is 5.91 Å². The summed E-state index contributed by atoms with van der Waals surface area (Å²) in [6.07, 6.45) is 5.08. The number of likely N-dealkylation sites (tertiary alicyclic amines) is 1. The van der Waals surface area contributed by atoms with Gasteiger partial charge in [0.1, 0.15) is 5.75 Å². The largest absolute Gasteiger partial charge is 0.493 e. The molecule has 0 bridgehead atoms. The molecule has 3 rings (SSSR count). The van der Waals surface area contributed by atoms with Crippen LogP contribution in [0.3, 0.4) is 0 Å². The lowest BCUT2D eigenvalue weighted by atomic mass is 9.95. The number of carbonyl (C=O) groups is 2. The quantitative estimate of drug-likeness (QED) is 0.613. The van der Waals surface area contributed by atoms with Crippen molar-refractivity contribution in [2.24, 2.45) is 5.73 Å². The van der Waals surface area contributed by atoms with Crippen molar-refractivity contribution in [1.82, 2.24) is 4.90 Å². The first-order chi connectivity index (χ1) is 15.5. The van der Waals surface area contributed by atoms with Crippen molar-refractivity contribution in [2.75, 3.05) is 27.4 Å². The molecule has 172 valence electrons. The third-order valence-electron chi connectivity index (χ3n) is 5.83. The molecule has 1 unspecified atom stereocenters. The van der Waals surface area contributed by atoms with Gasteiger partial charge in [-0.05, 0) is 67.5 Å². The van der Waals surface area contributed by atoms with Gasteiger partial charge in [0.15, 0.2) is 18.1 Å². The van der Waals surface area contributed by atoms with E-state index in [2.05, 4.69) is 0 Å². The fourth-order valence-electron chi connectivity index (χ4n) is 4.13. The zero-order valence-electron chi connectivity index (χ0n) is 18.8. The molecule has 1 aliphatic heterocycles. The van der Waals surface area contributed by atoms with Gasteiger partial charge in [-0.25, -0.2) is 0 Å². The van der Waals surface area contributed by atoms with Crippen molar-refractivity contribution in [1.29, 1.82) is 0 Å². The first-order valence-electron chi connectivity index (χ1n) is 11.0. The maximum Gasteiger partial charge on any atom is 0.260 e. The van der Waals surface area contributed by atoms with Gasteiger partial charge in [-0.3, -0.25) is 9.59 Å². The normalized spacial score (nSPS) is 15.8. The Balaban J connectivity index is 1.55. The number of rotatable bonds is 10. The summed E-state index contributed by atoms with van der Waals surface area (Å²) >= 11 is 0. The zero-order valence-corrected chi connectivity index (χ0v) is 18.8. The van der Waals surface area contributed by atoms with Crippen LogP contribution in [0, 0.1) is 0 Å². The van der Waals surface area contributed by atoms with Crippen LogP contribution in [0.5, 0.6) is 17.2 Å². The van der Waals surface area contributed by atoms with Gasteiger partial charge in [0, 0.05) is 12.6 Å². The number of amides is 2. The van der Waals surface area contributed by atoms with Gasteiger partial charge < -0.3 is 24.8 Å². The number of hydrogen-bond donors (Lipinski definition) is 1. The van der Waals surface area contributed by atoms with Crippen LogP contribution in [0.4, 0.5) is 0 Å². The summed E-state index contributed by atoms with van der Waals surface area (Å²) in [5, 5.41) is 0. The second-order valence-corrected chi connectivity index (χ2v) is 8.04. The van der Waals surface area contributed by atoms with Crippen molar-refractivity contribution in [2.45, 2.75) is 44.6 Å². The number of methoxy groups -OCH3 is 2. The molecule has 1 heterocycles. The summed E-state index contributed by atoms with van der Waals surface area (Å²) in [5.74, 6) is 1.66. The summed E-state index contributed by atoms with van der Waals surface area (Å²) in [4.78, 5) is 25.9. The van der Waals surface area contributed by atoms with Gasteiger partial charge in [0.05, 0.1) is 20.6 Å². The SMILES string of the molecule is COc1ccc(CCC2CCCCN2C(=O)COc2ccc(CC(N)=O)cc2)cc1OC. The maximum absolute atomic E-state index is 12.9. The van der Waals surface area contributed by atoms with E-state index in [4.69, 9.17) is 19.9 Å². The van der Waals surface area contributed by atoms with Crippen LogP contribution in [0.25, 0.3) is 0 Å². The number of carbonyl (C=O) groups excluding carboxylic acids is 2. The van der Waals surface area contributed by atoms with Crippen LogP contribution in [-0.4, -0.2) is 50.1 Å². The lowest BCUT2D eigenvalue weighted by Crippen LogP contribution is -2.46. The minimum atomic E-state index is -0.377. The van der Waals surface area contributed by atoms with E-state index in [1.54, 1.807) is 38.5 Å². The van der Waals surface area contributed by atoms with Crippen molar-refractivity contribution in [3.8, 4) is 17.2 Å². The third kappa shape index (κ3) is 6.39. The molecule has 1 saturated heterocycles. The standard InChI is InChI=1S/C25H32N2O5/c1-30-22-13-9-18(15-23(22)31-2)6-10-20-5-3-4-14-27(20)25(29)17-32-21-11-7-19(8-12-21)16-24(26)28/h7-9,11-13,15,20H,3-6,10,14,16-17H2,1-2H3,(H2,26,28). The average molecular weight is 441 g/mol. The second kappa shape index (κ2) is 11.4. The molecule has 7 nitrogen and oxygen atoms in total. The Morgan fingerprint density at radius 2 is 1.72 bits per heavy atom. The Morgan fingerprint density at radius 1 is 1.00 bits per heavy atom. The fourth-order valence-corrected chi connectivity index (χ4v) is 4.13. The highest BCUT2D eigenvalue weighted by atomic mass is 16.5. The predicted octanol–water partition coefficient (Wildman–Crippen LogP) is 3.12. The van der Waals surface area contributed by atoms with E-state index in [-0.39, 0.29) is 30.9 Å². The van der Waals surface area contributed by atoms with E-state index in [1.807, 2.05) is 23.1 Å². The topological polar surface area (TPSA) is 91.1 Å². The number of hydrogen-bond acceptors (Lipinski definition) is 5. The number of ether oxygens (including phenoxy) is 3. The minimum absolute atomic E-state index is 0.00201. The van der Waals surface area contributed by atoms with Crippen molar-refractivity contribution in [3.05, 3.63) is 53.6 Å². The predicted molar refractivity (Wildman–Crippen MR) is 122 cm³/mol. The van der Waals surface area contributed by atoms with Crippen LogP contribution in [0.15, 0.2) is 42.5 Å². The van der Waals surface area contributed by atoms with Gasteiger partial charge in [0.25, 0.3) is 5.91 Å². The van der Waals surface area contributed by atoms with Gasteiger partial charge in [-0.1, -0.05) is 18.2 Å². The Labute approximate surface area is 189 Å². The van der Waals surface area contributed by atoms with Crippen molar-refractivity contribution in [3.63, 3.8) is 0 Å². The Bertz CT molecular complexity index is 913. The highest BCUT2D eigenvalue weighted by Crippen LogP contribution is 2.29. The summed E-state index contributed by atoms with van der Waals surface area (Å²) in [5.41, 5.74) is 7.20. The number of benzene rings is 2. The number of primary amides is 1. The molecule has 0 radical (unpaired) electrons. The summed E-state index contributed by atoms with van der Waals surface area (Å²) in [6.45, 7) is 0.762. The zero-order chi connectivity index (χ0) is 22.9. The van der Waals surface area contributed by atoms with Crippen molar-refractivity contribution < 1.29 is 23.8 Å². The summed E-state index contributed by atoms with van der Waals surface area (Å²) < 4.78 is 16.4. The molecule has 1 fully saturated rings. The van der Waals surface area contributed by atoms with E-state index in [0.29, 0.717) is 11.5 Å². The summed E-state index contributed by atoms with van der Waals surface area (Å²) in [6, 6.07) is 13.3. The van der Waals surface area contributed by atoms with E-state index < -0.39 is 0 Å². The summed E-state index contributed by atoms with van der Waals surface area (Å²) in [7, 11) is 3.26. The van der Waals surface area contributed by atoms with Gasteiger partial charge in [-0.15, -0.1) is 0 Å². The minimum Gasteiger partial charge on any atom is -0.493 e. The number of aryl methyl sites for hydroxylation is 1. The highest BCUT2D eigenvalue weighted by molar-refractivity contribution is 5.78. The van der Waals surface area contributed by atoms with Crippen LogP contribution < -0.4 is 19.9 Å². The molecule has 2 aromatic rings. The second-order valence-electron chi connectivity index (χ2n) is 8.04. The van der Waals surface area contributed by atoms with E-state index >= 15 is 0 Å². The first kappa shape index (κ1) is 23.4. The lowest BCUT2D eigenvalue weighted by Gasteiger charge is -2.36. The molecule has 7 heteroatoms. The molecule has 0 aromatic heterocycles. The van der Waals surface area contributed by atoms with Crippen LogP contribution >= 0.6 is 0 Å². The molecular weight excluding hydrogens is 408 g/mol. The number of nitrogens with zero attached hydrogens (tertiary/aromatic N) is 1. The van der Waals surface area contributed by atoms with Crippen LogP contribution in [0.2, 0.25) is 0 Å². The van der Waals surface area contributed by atoms with Crippen LogP contribution in [-0.2, 0) is 22.4 Å². The van der Waals surface area contributed by atoms with E-state index in [1.165, 1.54) is 0 Å². The first-order valence-corrected chi connectivity index (χ1v) is 11.0. The lowest BCUT2D eigenvalue weighted by molar-refractivity contribution is -0.137. The van der Waals surface area contributed by atoms with Crippen LogP contribution in [0.1, 0.15) is 36.8 Å². The van der Waals surface area contributed by atoms with E-state index in [0.717, 1.165) is 55.5 Å². The van der Waals surface area contributed by atoms with Gasteiger partial charge >= 0.3 is 0 Å². The van der Waals surface area contributed by atoms with E-state index in [9.17, 15) is 9.59 Å². The molecular formula is C25H32N2O5. The maximum atomic E-state index is 12.9. The molecule has 1 atom stereocenters. The molecule has 2 aromatic carbocycles. The fraction of sp³-hybridized carbons (Fsp3) is 0.440. The van der Waals surface area contributed by atoms with Crippen molar-refractivity contribution >= 4 is 11.8 Å². The molecule has 1 aliphatic rings. The monoisotopic (exact) mass is 440 g/mol.